The second kappa shape index (κ2) is 3.89. The molecular formula is C12H13N3O. The van der Waals surface area contributed by atoms with Crippen LogP contribution in [0, 0.1) is 20.8 Å². The Morgan fingerprint density at radius 1 is 1.25 bits per heavy atom. The number of aryl methyl sites for hydroxylation is 2. The van der Waals surface area contributed by atoms with Crippen LogP contribution in [-0.4, -0.2) is 21.3 Å². The average Bonchev–Trinajstić information content (AvgIpc) is 2.63. The minimum absolute atomic E-state index is 0.390. The van der Waals surface area contributed by atoms with Crippen LogP contribution in [0.5, 0.6) is 0 Å². The molecule has 0 aliphatic rings. The van der Waals surface area contributed by atoms with Gasteiger partial charge in [0.1, 0.15) is 5.69 Å². The largest absolute Gasteiger partial charge is 0.296 e. The van der Waals surface area contributed by atoms with Crippen molar-refractivity contribution in [2.45, 2.75) is 20.8 Å². The summed E-state index contributed by atoms with van der Waals surface area (Å²) in [5, 5.41) is 7.82. The highest BCUT2D eigenvalue weighted by atomic mass is 16.1. The topological polar surface area (TPSA) is 47.8 Å². The van der Waals surface area contributed by atoms with Crippen molar-refractivity contribution in [3.8, 4) is 5.69 Å². The zero-order chi connectivity index (χ0) is 11.7. The first-order valence-corrected chi connectivity index (χ1v) is 5.08. The van der Waals surface area contributed by atoms with Crippen molar-refractivity contribution >= 4 is 6.29 Å². The monoisotopic (exact) mass is 215 g/mol. The molecule has 0 aliphatic heterocycles. The fourth-order valence-corrected chi connectivity index (χ4v) is 1.63. The predicted molar refractivity (Wildman–Crippen MR) is 61.0 cm³/mol. The molecule has 1 aromatic heterocycles. The van der Waals surface area contributed by atoms with E-state index in [0.717, 1.165) is 28.8 Å². The molecule has 82 valence electrons. The molecule has 16 heavy (non-hydrogen) atoms. The summed E-state index contributed by atoms with van der Waals surface area (Å²) >= 11 is 0. The van der Waals surface area contributed by atoms with Gasteiger partial charge in [0.25, 0.3) is 0 Å². The van der Waals surface area contributed by atoms with Crippen LogP contribution in [0.15, 0.2) is 18.2 Å². The van der Waals surface area contributed by atoms with E-state index in [1.54, 1.807) is 4.68 Å². The Bertz CT molecular complexity index is 543. The van der Waals surface area contributed by atoms with E-state index in [-0.39, 0.29) is 0 Å². The Balaban J connectivity index is 2.62. The van der Waals surface area contributed by atoms with Gasteiger partial charge in [-0.25, -0.2) is 4.68 Å². The normalized spacial score (nSPS) is 10.4. The zero-order valence-electron chi connectivity index (χ0n) is 9.56. The van der Waals surface area contributed by atoms with Crippen LogP contribution in [0.4, 0.5) is 0 Å². The lowest BCUT2D eigenvalue weighted by atomic mass is 10.1. The molecular weight excluding hydrogens is 202 g/mol. The van der Waals surface area contributed by atoms with E-state index >= 15 is 0 Å². The van der Waals surface area contributed by atoms with E-state index in [0.29, 0.717) is 5.69 Å². The maximum Gasteiger partial charge on any atom is 0.172 e. The molecule has 0 atom stereocenters. The van der Waals surface area contributed by atoms with Gasteiger partial charge >= 0.3 is 0 Å². The third-order valence-corrected chi connectivity index (χ3v) is 2.63. The maximum atomic E-state index is 10.7. The highest BCUT2D eigenvalue weighted by Gasteiger charge is 2.10. The molecule has 4 nitrogen and oxygen atoms in total. The number of nitrogens with zero attached hydrogens (tertiary/aromatic N) is 3. The van der Waals surface area contributed by atoms with Gasteiger partial charge in [-0.15, -0.1) is 5.10 Å². The van der Waals surface area contributed by atoms with Gasteiger partial charge in [-0.05, 0) is 38.0 Å². The van der Waals surface area contributed by atoms with Crippen molar-refractivity contribution < 1.29 is 4.79 Å². The molecule has 0 N–H and O–H groups in total. The second-order valence-corrected chi connectivity index (χ2v) is 3.88. The molecule has 0 fully saturated rings. The summed E-state index contributed by atoms with van der Waals surface area (Å²) in [7, 11) is 0. The maximum absolute atomic E-state index is 10.7. The zero-order valence-corrected chi connectivity index (χ0v) is 9.56. The lowest BCUT2D eigenvalue weighted by Crippen LogP contribution is -2.02. The van der Waals surface area contributed by atoms with Crippen LogP contribution < -0.4 is 0 Å². The molecule has 2 aromatic rings. The number of carbonyl (C=O) groups excluding carboxylic acids is 1. The molecule has 0 radical (unpaired) electrons. The minimum atomic E-state index is 0.390. The fraction of sp³-hybridized carbons (Fsp3) is 0.250. The summed E-state index contributed by atoms with van der Waals surface area (Å²) in [5.41, 5.74) is 4.39. The average molecular weight is 215 g/mol. The highest BCUT2D eigenvalue weighted by Crippen LogP contribution is 2.17. The van der Waals surface area contributed by atoms with Gasteiger partial charge in [0.15, 0.2) is 6.29 Å². The van der Waals surface area contributed by atoms with Crippen LogP contribution in [0.3, 0.4) is 0 Å². The van der Waals surface area contributed by atoms with Crippen LogP contribution in [-0.2, 0) is 0 Å². The van der Waals surface area contributed by atoms with Crippen LogP contribution >= 0.6 is 0 Å². The van der Waals surface area contributed by atoms with Crippen molar-refractivity contribution in [3.63, 3.8) is 0 Å². The summed E-state index contributed by atoms with van der Waals surface area (Å²) in [6.07, 6.45) is 0.726. The molecule has 0 aliphatic carbocycles. The van der Waals surface area contributed by atoms with Gasteiger partial charge in [-0.2, -0.15) is 0 Å². The van der Waals surface area contributed by atoms with E-state index in [1.807, 2.05) is 39.0 Å². The second-order valence-electron chi connectivity index (χ2n) is 3.88. The van der Waals surface area contributed by atoms with E-state index in [1.165, 1.54) is 0 Å². The smallest absolute Gasteiger partial charge is 0.172 e. The number of rotatable bonds is 2. The molecule has 0 amide bonds. The lowest BCUT2D eigenvalue weighted by molar-refractivity contribution is 0.111. The third kappa shape index (κ3) is 1.62. The molecule has 0 unspecified atom stereocenters. The number of hydrogen-bond acceptors (Lipinski definition) is 3. The van der Waals surface area contributed by atoms with Crippen molar-refractivity contribution in [1.29, 1.82) is 0 Å². The SMILES string of the molecule is Cc1ccc(C)c(-n2nnc(C=O)c2C)c1. The first kappa shape index (κ1) is 10.5. The number of aromatic nitrogens is 3. The Kier molecular flexibility index (Phi) is 2.56. The molecule has 2 rings (SSSR count). The summed E-state index contributed by atoms with van der Waals surface area (Å²) in [6, 6.07) is 6.11. The van der Waals surface area contributed by atoms with E-state index < -0.39 is 0 Å². The van der Waals surface area contributed by atoms with Crippen molar-refractivity contribution in [1.82, 2.24) is 15.0 Å². The lowest BCUT2D eigenvalue weighted by Gasteiger charge is -2.07. The number of aldehydes is 1. The first-order chi connectivity index (χ1) is 7.63. The molecule has 0 saturated heterocycles. The van der Waals surface area contributed by atoms with Crippen LogP contribution in [0.1, 0.15) is 27.3 Å². The van der Waals surface area contributed by atoms with Crippen molar-refractivity contribution in [2.24, 2.45) is 0 Å². The van der Waals surface area contributed by atoms with Crippen molar-refractivity contribution in [2.75, 3.05) is 0 Å². The third-order valence-electron chi connectivity index (χ3n) is 2.63. The Morgan fingerprint density at radius 3 is 2.62 bits per heavy atom. The molecule has 1 heterocycles. The highest BCUT2D eigenvalue weighted by molar-refractivity contribution is 5.73. The van der Waals surface area contributed by atoms with Gasteiger partial charge in [0.05, 0.1) is 11.4 Å². The molecule has 0 saturated carbocycles. The van der Waals surface area contributed by atoms with Gasteiger partial charge in [-0.1, -0.05) is 17.3 Å². The standard InChI is InChI=1S/C12H13N3O/c1-8-4-5-9(2)12(6-8)15-10(3)11(7-16)13-14-15/h4-7H,1-3H3. The number of hydrogen-bond donors (Lipinski definition) is 0. The fourth-order valence-electron chi connectivity index (χ4n) is 1.63. The summed E-state index contributed by atoms with van der Waals surface area (Å²) < 4.78 is 1.70. The molecule has 0 spiro atoms. The van der Waals surface area contributed by atoms with Crippen molar-refractivity contribution in [3.05, 3.63) is 40.7 Å². The van der Waals surface area contributed by atoms with Gasteiger partial charge in [0, 0.05) is 0 Å². The minimum Gasteiger partial charge on any atom is -0.296 e. The van der Waals surface area contributed by atoms with Crippen LogP contribution in [0.25, 0.3) is 5.69 Å². The first-order valence-electron chi connectivity index (χ1n) is 5.08. The quantitative estimate of drug-likeness (QED) is 0.720. The molecule has 0 bridgehead atoms. The number of carbonyl (C=O) groups is 1. The van der Waals surface area contributed by atoms with Gasteiger partial charge in [0.2, 0.25) is 0 Å². The van der Waals surface area contributed by atoms with E-state index in [4.69, 9.17) is 0 Å². The Labute approximate surface area is 93.9 Å². The van der Waals surface area contributed by atoms with E-state index in [9.17, 15) is 4.79 Å². The van der Waals surface area contributed by atoms with Gasteiger partial charge < -0.3 is 0 Å². The van der Waals surface area contributed by atoms with Gasteiger partial charge in [-0.3, -0.25) is 4.79 Å². The van der Waals surface area contributed by atoms with E-state index in [2.05, 4.69) is 10.3 Å². The summed E-state index contributed by atoms with van der Waals surface area (Å²) in [6.45, 7) is 5.87. The predicted octanol–water partition coefficient (Wildman–Crippen LogP) is 2.01. The molecule has 4 heteroatoms. The molecule has 1 aromatic carbocycles. The number of benzene rings is 1. The summed E-state index contributed by atoms with van der Waals surface area (Å²) in [4.78, 5) is 10.7. The summed E-state index contributed by atoms with van der Waals surface area (Å²) in [5.74, 6) is 0. The Morgan fingerprint density at radius 2 is 2.00 bits per heavy atom. The van der Waals surface area contributed by atoms with Crippen LogP contribution in [0.2, 0.25) is 0 Å². The Hall–Kier alpha value is -1.97.